The molecule has 22 heavy (non-hydrogen) atoms. The van der Waals surface area contributed by atoms with Crippen LogP contribution < -0.4 is 0 Å². The number of nitrogens with zero attached hydrogens (tertiary/aromatic N) is 1. The summed E-state index contributed by atoms with van der Waals surface area (Å²) in [7, 11) is 0. The highest BCUT2D eigenvalue weighted by molar-refractivity contribution is 6.05. The fourth-order valence-electron chi connectivity index (χ4n) is 3.04. The monoisotopic (exact) mass is 293 g/mol. The first-order valence-corrected chi connectivity index (χ1v) is 7.44. The minimum atomic E-state index is -0.855. The van der Waals surface area contributed by atoms with Crippen molar-refractivity contribution in [3.63, 3.8) is 0 Å². The highest BCUT2D eigenvalue weighted by atomic mass is 16.4. The van der Waals surface area contributed by atoms with E-state index < -0.39 is 5.97 Å². The molecular weight excluding hydrogens is 274 g/mol. The van der Waals surface area contributed by atoms with Crippen LogP contribution in [0.15, 0.2) is 48.5 Å². The molecule has 0 bridgehead atoms. The van der Waals surface area contributed by atoms with Crippen LogP contribution in [0, 0.1) is 13.8 Å². The number of aromatic nitrogens is 1. The van der Waals surface area contributed by atoms with E-state index in [9.17, 15) is 9.90 Å². The third-order valence-electron chi connectivity index (χ3n) is 4.16. The number of carboxylic acid groups (broad SMARTS) is 1. The van der Waals surface area contributed by atoms with Gasteiger partial charge < -0.3 is 9.67 Å². The second-order valence-electron chi connectivity index (χ2n) is 5.67. The summed E-state index contributed by atoms with van der Waals surface area (Å²) in [6.07, 6.45) is 0.887. The molecule has 1 N–H and O–H groups in total. The van der Waals surface area contributed by atoms with Crippen molar-refractivity contribution in [3.8, 4) is 0 Å². The van der Waals surface area contributed by atoms with Crippen molar-refractivity contribution in [1.82, 2.24) is 4.57 Å². The van der Waals surface area contributed by atoms with E-state index in [1.54, 1.807) is 0 Å². The zero-order valence-corrected chi connectivity index (χ0v) is 12.8. The van der Waals surface area contributed by atoms with Crippen LogP contribution in [0.25, 0.3) is 10.9 Å². The summed E-state index contributed by atoms with van der Waals surface area (Å²) in [5.41, 5.74) is 4.58. The fourth-order valence-corrected chi connectivity index (χ4v) is 3.04. The van der Waals surface area contributed by atoms with Gasteiger partial charge in [-0.2, -0.15) is 0 Å². The molecule has 0 atom stereocenters. The van der Waals surface area contributed by atoms with Gasteiger partial charge >= 0.3 is 5.97 Å². The minimum absolute atomic E-state index is 0.423. The Morgan fingerprint density at radius 3 is 2.50 bits per heavy atom. The molecule has 0 fully saturated rings. The molecule has 0 aliphatic rings. The number of aromatic carboxylic acids is 1. The summed E-state index contributed by atoms with van der Waals surface area (Å²) in [4.78, 5) is 11.6. The third kappa shape index (κ3) is 2.50. The highest BCUT2D eigenvalue weighted by Crippen LogP contribution is 2.27. The molecular formula is C19H19NO2. The predicted octanol–water partition coefficient (Wildman–Crippen LogP) is 4.20. The Labute approximate surface area is 129 Å². The minimum Gasteiger partial charge on any atom is -0.478 e. The van der Waals surface area contributed by atoms with Gasteiger partial charge in [0.2, 0.25) is 0 Å². The molecule has 0 aliphatic heterocycles. The van der Waals surface area contributed by atoms with E-state index in [1.165, 1.54) is 5.56 Å². The maximum absolute atomic E-state index is 11.6. The van der Waals surface area contributed by atoms with Gasteiger partial charge in [0, 0.05) is 23.1 Å². The van der Waals surface area contributed by atoms with Crippen molar-refractivity contribution >= 4 is 16.9 Å². The normalized spacial score (nSPS) is 11.0. The Morgan fingerprint density at radius 2 is 1.82 bits per heavy atom. The Bertz CT molecular complexity index is 832. The van der Waals surface area contributed by atoms with Crippen LogP contribution in [0.3, 0.4) is 0 Å². The van der Waals surface area contributed by atoms with Gasteiger partial charge in [0.1, 0.15) is 0 Å². The first kappa shape index (κ1) is 14.4. The van der Waals surface area contributed by atoms with Gasteiger partial charge in [0.25, 0.3) is 0 Å². The lowest BCUT2D eigenvalue weighted by molar-refractivity contribution is 0.0698. The summed E-state index contributed by atoms with van der Waals surface area (Å²) in [5.74, 6) is -0.855. The zero-order chi connectivity index (χ0) is 15.7. The molecule has 1 aromatic heterocycles. The Hall–Kier alpha value is -2.55. The Balaban J connectivity index is 2.05. The number of carbonyl (C=O) groups is 1. The maximum Gasteiger partial charge on any atom is 0.338 e. The summed E-state index contributed by atoms with van der Waals surface area (Å²) < 4.78 is 2.12. The van der Waals surface area contributed by atoms with E-state index in [2.05, 4.69) is 16.7 Å². The average molecular weight is 293 g/mol. The SMILES string of the molecule is Cc1ccc2c(c1)c(C(=O)O)c(C)n2CCc1ccccc1. The van der Waals surface area contributed by atoms with Crippen LogP contribution >= 0.6 is 0 Å². The molecule has 3 nitrogen and oxygen atoms in total. The van der Waals surface area contributed by atoms with E-state index in [0.29, 0.717) is 5.56 Å². The lowest BCUT2D eigenvalue weighted by Crippen LogP contribution is -2.05. The van der Waals surface area contributed by atoms with Gasteiger partial charge in [0.15, 0.2) is 0 Å². The average Bonchev–Trinajstić information content (AvgIpc) is 2.77. The number of rotatable bonds is 4. The maximum atomic E-state index is 11.6. The molecule has 112 valence electrons. The molecule has 0 saturated heterocycles. The van der Waals surface area contributed by atoms with E-state index in [0.717, 1.165) is 35.1 Å². The number of aryl methyl sites for hydroxylation is 3. The van der Waals surface area contributed by atoms with Crippen LogP contribution in [0.1, 0.15) is 27.2 Å². The van der Waals surface area contributed by atoms with Crippen LogP contribution in [-0.2, 0) is 13.0 Å². The molecule has 0 saturated carbocycles. The van der Waals surface area contributed by atoms with Crippen LogP contribution in [0.4, 0.5) is 0 Å². The Morgan fingerprint density at radius 1 is 1.09 bits per heavy atom. The van der Waals surface area contributed by atoms with Gasteiger partial charge in [-0.1, -0.05) is 42.0 Å². The van der Waals surface area contributed by atoms with Crippen LogP contribution in [0.2, 0.25) is 0 Å². The molecule has 0 unspecified atom stereocenters. The summed E-state index contributed by atoms with van der Waals surface area (Å²) in [6, 6.07) is 16.3. The smallest absolute Gasteiger partial charge is 0.338 e. The van der Waals surface area contributed by atoms with Gasteiger partial charge in [-0.15, -0.1) is 0 Å². The van der Waals surface area contributed by atoms with Crippen molar-refractivity contribution < 1.29 is 9.90 Å². The Kier molecular flexibility index (Phi) is 3.72. The molecule has 3 rings (SSSR count). The molecule has 0 radical (unpaired) electrons. The standard InChI is InChI=1S/C19H19NO2/c1-13-8-9-17-16(12-13)18(19(21)22)14(2)20(17)11-10-15-6-4-3-5-7-15/h3-9,12H,10-11H2,1-2H3,(H,21,22). The van der Waals surface area contributed by atoms with Crippen molar-refractivity contribution in [3.05, 3.63) is 70.9 Å². The summed E-state index contributed by atoms with van der Waals surface area (Å²) in [6.45, 7) is 4.66. The van der Waals surface area contributed by atoms with E-state index in [1.807, 2.05) is 50.2 Å². The molecule has 0 aliphatic carbocycles. The molecule has 1 heterocycles. The summed E-state index contributed by atoms with van der Waals surface area (Å²) in [5, 5.41) is 10.4. The van der Waals surface area contributed by atoms with Crippen LogP contribution in [0.5, 0.6) is 0 Å². The van der Waals surface area contributed by atoms with Gasteiger partial charge in [-0.25, -0.2) is 4.79 Å². The van der Waals surface area contributed by atoms with Crippen molar-refractivity contribution in [1.29, 1.82) is 0 Å². The lowest BCUT2D eigenvalue weighted by atomic mass is 10.1. The van der Waals surface area contributed by atoms with Crippen molar-refractivity contribution in [2.45, 2.75) is 26.8 Å². The highest BCUT2D eigenvalue weighted by Gasteiger charge is 2.19. The number of hydrogen-bond acceptors (Lipinski definition) is 1. The van der Waals surface area contributed by atoms with Crippen molar-refractivity contribution in [2.24, 2.45) is 0 Å². The predicted molar refractivity (Wildman–Crippen MR) is 88.5 cm³/mol. The first-order chi connectivity index (χ1) is 10.6. The second-order valence-corrected chi connectivity index (χ2v) is 5.67. The number of hydrogen-bond donors (Lipinski definition) is 1. The molecule has 3 heteroatoms. The van der Waals surface area contributed by atoms with Crippen molar-refractivity contribution in [2.75, 3.05) is 0 Å². The van der Waals surface area contributed by atoms with E-state index >= 15 is 0 Å². The first-order valence-electron chi connectivity index (χ1n) is 7.44. The largest absolute Gasteiger partial charge is 0.478 e. The van der Waals surface area contributed by atoms with Gasteiger partial charge in [-0.3, -0.25) is 0 Å². The van der Waals surface area contributed by atoms with Gasteiger partial charge in [0.05, 0.1) is 5.56 Å². The van der Waals surface area contributed by atoms with Gasteiger partial charge in [-0.05, 0) is 38.0 Å². The zero-order valence-electron chi connectivity index (χ0n) is 12.8. The molecule has 2 aromatic carbocycles. The third-order valence-corrected chi connectivity index (χ3v) is 4.16. The van der Waals surface area contributed by atoms with Crippen LogP contribution in [-0.4, -0.2) is 15.6 Å². The number of fused-ring (bicyclic) bond motifs is 1. The van der Waals surface area contributed by atoms with E-state index in [-0.39, 0.29) is 0 Å². The summed E-state index contributed by atoms with van der Waals surface area (Å²) >= 11 is 0. The topological polar surface area (TPSA) is 42.2 Å². The fraction of sp³-hybridized carbons (Fsp3) is 0.211. The van der Waals surface area contributed by atoms with E-state index in [4.69, 9.17) is 0 Å². The quantitative estimate of drug-likeness (QED) is 0.783. The molecule has 0 spiro atoms. The second kappa shape index (κ2) is 5.68. The number of carboxylic acids is 1. The molecule has 3 aromatic rings. The number of benzene rings is 2. The lowest BCUT2D eigenvalue weighted by Gasteiger charge is -2.08. The molecule has 0 amide bonds.